The molecule has 0 radical (unpaired) electrons. The van der Waals surface area contributed by atoms with Crippen molar-refractivity contribution < 1.29 is 31.9 Å². The number of rotatable bonds is 6. The number of anilines is 2. The number of halogens is 4. The molecule has 9 nitrogen and oxygen atoms in total. The van der Waals surface area contributed by atoms with Crippen molar-refractivity contribution >= 4 is 28.9 Å². The average Bonchev–Trinajstić information content (AvgIpc) is 3.36. The van der Waals surface area contributed by atoms with Gasteiger partial charge in [-0.2, -0.15) is 0 Å². The summed E-state index contributed by atoms with van der Waals surface area (Å²) in [5.74, 6) is -3.11. The Morgan fingerprint density at radius 1 is 1.18 bits per heavy atom. The molecule has 0 saturated carbocycles. The number of aromatic amines is 1. The molecule has 13 heteroatoms. The largest absolute Gasteiger partial charge is 0.447 e. The quantitative estimate of drug-likeness (QED) is 0.509. The van der Waals surface area contributed by atoms with Crippen molar-refractivity contribution in [2.75, 3.05) is 50.0 Å². The van der Waals surface area contributed by atoms with E-state index in [1.807, 2.05) is 14.0 Å². The van der Waals surface area contributed by atoms with Gasteiger partial charge >= 0.3 is 6.09 Å². The molecule has 3 heterocycles. The molecule has 1 atom stereocenters. The molecule has 2 aromatic rings. The number of aromatic nitrogens is 1. The molecular formula is C27H31F4N5O4. The van der Waals surface area contributed by atoms with Gasteiger partial charge in [-0.3, -0.25) is 9.59 Å². The number of nitrogens with one attached hydrogen (secondary N) is 2. The van der Waals surface area contributed by atoms with Crippen LogP contribution in [0.3, 0.4) is 0 Å². The molecule has 1 fully saturated rings. The summed E-state index contributed by atoms with van der Waals surface area (Å²) in [6, 6.07) is 1.72. The first-order chi connectivity index (χ1) is 18.9. The number of ether oxygens (including phenoxy) is 1. The zero-order valence-corrected chi connectivity index (χ0v) is 22.6. The second kappa shape index (κ2) is 11.7. The molecular weight excluding hydrogens is 534 g/mol. The van der Waals surface area contributed by atoms with Crippen LogP contribution in [0.2, 0.25) is 0 Å². The maximum absolute atomic E-state index is 16.2. The Morgan fingerprint density at radius 3 is 2.55 bits per heavy atom. The number of amides is 2. The number of alkyl halides is 2. The third-order valence-corrected chi connectivity index (χ3v) is 7.01. The Morgan fingerprint density at radius 2 is 1.90 bits per heavy atom. The molecule has 2 aliphatic rings. The standard InChI is InChI=1S/C27H31F4N5O4/c1-14(2)40-27(39)36-6-5-16(13-36)22-19(28)10-20(35-8-7-34(4)15(3)12-35)24(23(22)29)33-26(38)18-11-32-21(37)9-17(18)25(30)31/h5,9-11,14-15,25H,6-8,12-13H2,1-4H3,(H,32,37)(H,33,38). The molecule has 216 valence electrons. The van der Waals surface area contributed by atoms with Crippen LogP contribution < -0.4 is 15.8 Å². The van der Waals surface area contributed by atoms with E-state index in [9.17, 15) is 23.2 Å². The van der Waals surface area contributed by atoms with E-state index >= 15 is 8.78 Å². The minimum Gasteiger partial charge on any atom is -0.447 e. The molecule has 1 aromatic heterocycles. The van der Waals surface area contributed by atoms with Crippen molar-refractivity contribution in [1.82, 2.24) is 14.8 Å². The monoisotopic (exact) mass is 565 g/mol. The number of piperazine rings is 1. The fourth-order valence-electron chi connectivity index (χ4n) is 4.73. The van der Waals surface area contributed by atoms with Crippen molar-refractivity contribution in [2.24, 2.45) is 0 Å². The average molecular weight is 566 g/mol. The number of hydrogen-bond acceptors (Lipinski definition) is 6. The summed E-state index contributed by atoms with van der Waals surface area (Å²) in [6.07, 6.45) is -1.85. The lowest BCUT2D eigenvalue weighted by Gasteiger charge is -2.40. The Hall–Kier alpha value is -3.87. The van der Waals surface area contributed by atoms with E-state index in [0.29, 0.717) is 25.7 Å². The van der Waals surface area contributed by atoms with Gasteiger partial charge in [0.1, 0.15) is 11.5 Å². The van der Waals surface area contributed by atoms with E-state index in [4.69, 9.17) is 4.74 Å². The summed E-state index contributed by atoms with van der Waals surface area (Å²) in [7, 11) is 1.92. The van der Waals surface area contributed by atoms with E-state index in [0.717, 1.165) is 12.3 Å². The molecule has 2 amide bonds. The number of H-pyrrole nitrogens is 1. The van der Waals surface area contributed by atoms with Crippen LogP contribution in [0.15, 0.2) is 29.2 Å². The van der Waals surface area contributed by atoms with Gasteiger partial charge in [0.15, 0.2) is 5.82 Å². The third kappa shape index (κ3) is 5.98. The molecule has 0 bridgehead atoms. The number of pyridine rings is 1. The predicted octanol–water partition coefficient (Wildman–Crippen LogP) is 4.23. The molecule has 1 saturated heterocycles. The van der Waals surface area contributed by atoms with E-state index in [1.54, 1.807) is 18.7 Å². The molecule has 2 N–H and O–H groups in total. The van der Waals surface area contributed by atoms with Gasteiger partial charge in [-0.15, -0.1) is 0 Å². The fourth-order valence-corrected chi connectivity index (χ4v) is 4.73. The molecule has 40 heavy (non-hydrogen) atoms. The number of likely N-dealkylation sites (N-methyl/N-ethyl adjacent to an activating group) is 1. The van der Waals surface area contributed by atoms with Gasteiger partial charge < -0.3 is 29.7 Å². The number of benzene rings is 1. The summed E-state index contributed by atoms with van der Waals surface area (Å²) in [6.45, 7) is 6.58. The summed E-state index contributed by atoms with van der Waals surface area (Å²) in [4.78, 5) is 44.3. The molecule has 2 aliphatic heterocycles. The Balaban J connectivity index is 1.76. The molecule has 1 aromatic carbocycles. The summed E-state index contributed by atoms with van der Waals surface area (Å²) in [5, 5.41) is 2.36. The van der Waals surface area contributed by atoms with E-state index in [2.05, 4.69) is 15.2 Å². The lowest BCUT2D eigenvalue weighted by atomic mass is 10.0. The van der Waals surface area contributed by atoms with Crippen LogP contribution >= 0.6 is 0 Å². The zero-order valence-electron chi connectivity index (χ0n) is 22.6. The topological polar surface area (TPSA) is 98.0 Å². The summed E-state index contributed by atoms with van der Waals surface area (Å²) >= 11 is 0. The minimum absolute atomic E-state index is 0.0193. The van der Waals surface area contributed by atoms with E-state index in [1.165, 1.54) is 11.0 Å². The third-order valence-electron chi connectivity index (χ3n) is 7.01. The number of carbonyl (C=O) groups is 2. The van der Waals surface area contributed by atoms with Crippen molar-refractivity contribution in [2.45, 2.75) is 39.3 Å². The normalized spacial score (nSPS) is 17.9. The first-order valence-electron chi connectivity index (χ1n) is 12.8. The Kier molecular flexibility index (Phi) is 8.52. The van der Waals surface area contributed by atoms with Gasteiger partial charge in [0.2, 0.25) is 5.56 Å². The van der Waals surface area contributed by atoms with Crippen molar-refractivity contribution in [3.63, 3.8) is 0 Å². The van der Waals surface area contributed by atoms with Gasteiger partial charge in [-0.05, 0) is 33.4 Å². The van der Waals surface area contributed by atoms with Gasteiger partial charge in [-0.1, -0.05) is 6.08 Å². The van der Waals surface area contributed by atoms with Crippen LogP contribution in [0.5, 0.6) is 0 Å². The highest BCUT2D eigenvalue weighted by Gasteiger charge is 2.32. The zero-order chi connectivity index (χ0) is 29.3. The SMILES string of the molecule is CC(C)OC(=O)N1CC=C(c2c(F)cc(N3CCN(C)C(C)C3)c(NC(=O)c3c[nH]c(=O)cc3C(F)F)c2F)C1. The lowest BCUT2D eigenvalue weighted by Crippen LogP contribution is -2.50. The van der Waals surface area contributed by atoms with Gasteiger partial charge in [0.05, 0.1) is 22.9 Å². The highest BCUT2D eigenvalue weighted by Crippen LogP contribution is 2.38. The second-order valence-electron chi connectivity index (χ2n) is 10.2. The van der Waals surface area contributed by atoms with Crippen LogP contribution in [0.4, 0.5) is 33.7 Å². The smallest absolute Gasteiger partial charge is 0.410 e. The van der Waals surface area contributed by atoms with Crippen LogP contribution in [0, 0.1) is 11.6 Å². The van der Waals surface area contributed by atoms with E-state index in [-0.39, 0.29) is 36.5 Å². The minimum atomic E-state index is -3.14. The first-order valence-corrected chi connectivity index (χ1v) is 12.8. The summed E-state index contributed by atoms with van der Waals surface area (Å²) in [5.41, 5.74) is -2.84. The van der Waals surface area contributed by atoms with Crippen LogP contribution in [0.1, 0.15) is 48.7 Å². The molecule has 4 rings (SSSR count). The van der Waals surface area contributed by atoms with Gasteiger partial charge in [0, 0.05) is 62.7 Å². The molecule has 1 unspecified atom stereocenters. The second-order valence-corrected chi connectivity index (χ2v) is 10.2. The van der Waals surface area contributed by atoms with Gasteiger partial charge in [0.25, 0.3) is 12.3 Å². The van der Waals surface area contributed by atoms with Gasteiger partial charge in [-0.25, -0.2) is 22.4 Å². The number of nitrogens with zero attached hydrogens (tertiary/aromatic N) is 3. The van der Waals surface area contributed by atoms with Crippen LogP contribution in [0.25, 0.3) is 5.57 Å². The Bertz CT molecular complexity index is 1390. The first kappa shape index (κ1) is 29.1. The maximum Gasteiger partial charge on any atom is 0.410 e. The molecule has 0 spiro atoms. The number of carbonyl (C=O) groups excluding carboxylic acids is 2. The fraction of sp³-hybridized carbons (Fsp3) is 0.444. The van der Waals surface area contributed by atoms with Crippen LogP contribution in [-0.4, -0.2) is 78.7 Å². The highest BCUT2D eigenvalue weighted by molar-refractivity contribution is 6.07. The van der Waals surface area contributed by atoms with Crippen molar-refractivity contribution in [3.05, 3.63) is 63.1 Å². The van der Waals surface area contributed by atoms with Crippen molar-refractivity contribution in [1.29, 1.82) is 0 Å². The van der Waals surface area contributed by atoms with Crippen LogP contribution in [-0.2, 0) is 4.74 Å². The Labute approximate surface area is 228 Å². The van der Waals surface area contributed by atoms with Crippen molar-refractivity contribution in [3.8, 4) is 0 Å². The predicted molar refractivity (Wildman–Crippen MR) is 142 cm³/mol. The lowest BCUT2D eigenvalue weighted by molar-refractivity contribution is 0.0853. The maximum atomic E-state index is 16.2. The highest BCUT2D eigenvalue weighted by atomic mass is 19.3. The molecule has 0 aliphatic carbocycles. The number of hydrogen-bond donors (Lipinski definition) is 2. The summed E-state index contributed by atoms with van der Waals surface area (Å²) < 4.78 is 64.2. The van der Waals surface area contributed by atoms with E-state index < -0.39 is 58.0 Å².